The predicted octanol–water partition coefficient (Wildman–Crippen LogP) is 4.75. The SMILES string of the molecule is Cc1nc(-c2ccccc2)sc1C(=O)C1C(c2ccccc2)C1(C#N)C#N. The molecule has 4 nitrogen and oxygen atoms in total. The van der Waals surface area contributed by atoms with Crippen molar-refractivity contribution in [2.75, 3.05) is 0 Å². The molecule has 4 rings (SSSR count). The first-order valence-electron chi connectivity index (χ1n) is 8.57. The van der Waals surface area contributed by atoms with Gasteiger partial charge >= 0.3 is 0 Å². The molecule has 27 heavy (non-hydrogen) atoms. The molecule has 1 aliphatic rings. The predicted molar refractivity (Wildman–Crippen MR) is 103 cm³/mol. The molecule has 1 saturated carbocycles. The Morgan fingerprint density at radius 3 is 2.22 bits per heavy atom. The Balaban J connectivity index is 1.72. The lowest BCUT2D eigenvalue weighted by Crippen LogP contribution is -2.08. The number of carbonyl (C=O) groups is 1. The molecule has 0 amide bonds. The summed E-state index contributed by atoms with van der Waals surface area (Å²) >= 11 is 1.33. The van der Waals surface area contributed by atoms with Crippen LogP contribution in [0.1, 0.15) is 26.8 Å². The molecule has 2 atom stereocenters. The highest BCUT2D eigenvalue weighted by Crippen LogP contribution is 2.65. The van der Waals surface area contributed by atoms with Crippen LogP contribution in [0.15, 0.2) is 60.7 Å². The lowest BCUT2D eigenvalue weighted by atomic mass is 10.0. The third-order valence-electron chi connectivity index (χ3n) is 5.06. The maximum Gasteiger partial charge on any atom is 0.181 e. The number of rotatable bonds is 4. The largest absolute Gasteiger partial charge is 0.293 e. The number of aromatic nitrogens is 1. The van der Waals surface area contributed by atoms with Gasteiger partial charge in [0.25, 0.3) is 0 Å². The highest BCUT2D eigenvalue weighted by Gasteiger charge is 2.70. The van der Waals surface area contributed by atoms with E-state index in [-0.39, 0.29) is 5.78 Å². The van der Waals surface area contributed by atoms with Gasteiger partial charge in [-0.1, -0.05) is 60.7 Å². The van der Waals surface area contributed by atoms with Gasteiger partial charge in [0.05, 0.1) is 28.6 Å². The summed E-state index contributed by atoms with van der Waals surface area (Å²) < 4.78 is 0. The second kappa shape index (κ2) is 6.46. The van der Waals surface area contributed by atoms with Crippen LogP contribution < -0.4 is 0 Å². The number of benzene rings is 2. The lowest BCUT2D eigenvalue weighted by molar-refractivity contribution is 0.0961. The summed E-state index contributed by atoms with van der Waals surface area (Å²) in [4.78, 5) is 18.3. The summed E-state index contributed by atoms with van der Waals surface area (Å²) in [7, 11) is 0. The number of hydrogen-bond acceptors (Lipinski definition) is 5. The number of hydrogen-bond donors (Lipinski definition) is 0. The molecular formula is C22H15N3OS. The molecule has 3 aromatic rings. The van der Waals surface area contributed by atoms with Crippen LogP contribution in [0.25, 0.3) is 10.6 Å². The quantitative estimate of drug-likeness (QED) is 0.622. The summed E-state index contributed by atoms with van der Waals surface area (Å²) in [6, 6.07) is 23.2. The Kier molecular flexibility index (Phi) is 4.11. The minimum atomic E-state index is -1.30. The third kappa shape index (κ3) is 2.65. The average Bonchev–Trinajstić information content (AvgIpc) is 3.25. The normalized spacial score (nSPS) is 19.7. The maximum absolute atomic E-state index is 13.3. The lowest BCUT2D eigenvalue weighted by Gasteiger charge is -1.98. The number of nitrogens with zero attached hydrogens (tertiary/aromatic N) is 3. The molecule has 1 aliphatic carbocycles. The van der Waals surface area contributed by atoms with Crippen LogP contribution in [0.2, 0.25) is 0 Å². The van der Waals surface area contributed by atoms with Crippen molar-refractivity contribution >= 4 is 17.1 Å². The van der Waals surface area contributed by atoms with Crippen molar-refractivity contribution in [2.24, 2.45) is 11.3 Å². The summed E-state index contributed by atoms with van der Waals surface area (Å²) in [6.45, 7) is 1.80. The average molecular weight is 369 g/mol. The van der Waals surface area contributed by atoms with Crippen molar-refractivity contribution in [3.05, 3.63) is 76.8 Å². The summed E-state index contributed by atoms with van der Waals surface area (Å²) in [6.07, 6.45) is 0. The zero-order valence-corrected chi connectivity index (χ0v) is 15.4. The van der Waals surface area contributed by atoms with Gasteiger partial charge in [0.15, 0.2) is 11.2 Å². The van der Waals surface area contributed by atoms with Gasteiger partial charge in [0.1, 0.15) is 5.01 Å². The molecule has 130 valence electrons. The minimum Gasteiger partial charge on any atom is -0.293 e. The van der Waals surface area contributed by atoms with Crippen LogP contribution in [0.4, 0.5) is 0 Å². The van der Waals surface area contributed by atoms with E-state index in [2.05, 4.69) is 17.1 Å². The highest BCUT2D eigenvalue weighted by molar-refractivity contribution is 7.17. The number of ketones is 1. The number of carbonyl (C=O) groups excluding carboxylic acids is 1. The van der Waals surface area contributed by atoms with Crippen molar-refractivity contribution in [3.63, 3.8) is 0 Å². The summed E-state index contributed by atoms with van der Waals surface area (Å²) in [5.41, 5.74) is 1.14. The summed E-state index contributed by atoms with van der Waals surface area (Å²) in [5.74, 6) is -1.22. The molecule has 0 spiro atoms. The standard InChI is InChI=1S/C22H15N3OS/c1-14-20(27-21(25-14)16-10-6-3-7-11-16)19(26)18-17(22(18,12-23)13-24)15-8-4-2-5-9-15/h2-11,17-18H,1H3. The second-order valence-corrected chi connectivity index (χ2v) is 7.62. The van der Waals surface area contributed by atoms with E-state index in [1.807, 2.05) is 60.7 Å². The molecule has 0 N–H and O–H groups in total. The van der Waals surface area contributed by atoms with Crippen molar-refractivity contribution in [1.82, 2.24) is 4.98 Å². The molecule has 5 heteroatoms. The van der Waals surface area contributed by atoms with E-state index in [0.29, 0.717) is 10.6 Å². The first-order chi connectivity index (χ1) is 13.1. The molecule has 0 aliphatic heterocycles. The number of aryl methyl sites for hydroxylation is 1. The molecule has 0 bridgehead atoms. The van der Waals surface area contributed by atoms with Gasteiger partial charge in [-0.25, -0.2) is 4.98 Å². The van der Waals surface area contributed by atoms with E-state index >= 15 is 0 Å². The van der Waals surface area contributed by atoms with Crippen LogP contribution in [0, 0.1) is 40.9 Å². The molecule has 2 unspecified atom stereocenters. The van der Waals surface area contributed by atoms with Gasteiger partial charge in [-0.3, -0.25) is 4.79 Å². The number of nitriles is 2. The van der Waals surface area contributed by atoms with Gasteiger partial charge < -0.3 is 0 Å². The van der Waals surface area contributed by atoms with E-state index in [4.69, 9.17) is 0 Å². The second-order valence-electron chi connectivity index (χ2n) is 6.62. The Hall–Kier alpha value is -3.28. The Labute approximate surface area is 161 Å². The molecule has 1 heterocycles. The zero-order valence-electron chi connectivity index (χ0n) is 14.6. The monoisotopic (exact) mass is 369 g/mol. The first-order valence-corrected chi connectivity index (χ1v) is 9.38. The van der Waals surface area contributed by atoms with E-state index in [1.54, 1.807) is 6.92 Å². The van der Waals surface area contributed by atoms with Gasteiger partial charge in [-0.2, -0.15) is 10.5 Å². The van der Waals surface area contributed by atoms with Gasteiger partial charge in [-0.15, -0.1) is 11.3 Å². The zero-order chi connectivity index (χ0) is 19.0. The van der Waals surface area contributed by atoms with Gasteiger partial charge in [-0.05, 0) is 12.5 Å². The fraction of sp³-hybridized carbons (Fsp3) is 0.182. The molecular weight excluding hydrogens is 354 g/mol. The Morgan fingerprint density at radius 2 is 1.63 bits per heavy atom. The summed E-state index contributed by atoms with van der Waals surface area (Å²) in [5, 5.41) is 20.1. The van der Waals surface area contributed by atoms with Crippen LogP contribution in [-0.2, 0) is 0 Å². The van der Waals surface area contributed by atoms with E-state index < -0.39 is 17.3 Å². The fourth-order valence-electron chi connectivity index (χ4n) is 3.64. The molecule has 1 fully saturated rings. The number of Topliss-reactive ketones (excluding diaryl/α,β-unsaturated/α-hetero) is 1. The van der Waals surface area contributed by atoms with Crippen LogP contribution >= 0.6 is 11.3 Å². The van der Waals surface area contributed by atoms with E-state index in [9.17, 15) is 15.3 Å². The van der Waals surface area contributed by atoms with Crippen LogP contribution in [0.3, 0.4) is 0 Å². The Bertz CT molecular complexity index is 1080. The Morgan fingerprint density at radius 1 is 1.04 bits per heavy atom. The number of thiazole rings is 1. The molecule has 0 radical (unpaired) electrons. The smallest absolute Gasteiger partial charge is 0.181 e. The molecule has 1 aromatic heterocycles. The molecule has 2 aromatic carbocycles. The first kappa shape index (κ1) is 17.1. The van der Waals surface area contributed by atoms with E-state index in [1.165, 1.54) is 11.3 Å². The third-order valence-corrected chi connectivity index (χ3v) is 6.28. The van der Waals surface area contributed by atoms with Gasteiger partial charge in [0.2, 0.25) is 0 Å². The van der Waals surface area contributed by atoms with Crippen molar-refractivity contribution in [1.29, 1.82) is 10.5 Å². The highest BCUT2D eigenvalue weighted by atomic mass is 32.1. The van der Waals surface area contributed by atoms with Crippen molar-refractivity contribution in [2.45, 2.75) is 12.8 Å². The van der Waals surface area contributed by atoms with Crippen LogP contribution in [-0.4, -0.2) is 10.8 Å². The molecule has 0 saturated heterocycles. The van der Waals surface area contributed by atoms with Gasteiger partial charge in [0, 0.05) is 11.5 Å². The fourth-order valence-corrected chi connectivity index (χ4v) is 4.69. The van der Waals surface area contributed by atoms with E-state index in [0.717, 1.165) is 16.1 Å². The van der Waals surface area contributed by atoms with Crippen LogP contribution in [0.5, 0.6) is 0 Å². The van der Waals surface area contributed by atoms with Crippen molar-refractivity contribution < 1.29 is 4.79 Å². The topological polar surface area (TPSA) is 77.5 Å². The maximum atomic E-state index is 13.3. The van der Waals surface area contributed by atoms with Crippen molar-refractivity contribution in [3.8, 4) is 22.7 Å². The minimum absolute atomic E-state index is 0.163.